The topological polar surface area (TPSA) is 58.5 Å². The number of aryl methyl sites for hydroxylation is 1. The van der Waals surface area contributed by atoms with E-state index in [0.29, 0.717) is 6.10 Å². The predicted octanol–water partition coefficient (Wildman–Crippen LogP) is 4.01. The van der Waals surface area contributed by atoms with E-state index in [0.717, 1.165) is 49.2 Å². The van der Waals surface area contributed by atoms with Crippen molar-refractivity contribution in [1.29, 1.82) is 0 Å². The molecule has 2 aromatic rings. The molecule has 0 amide bonds. The Morgan fingerprint density at radius 2 is 2.04 bits per heavy atom. The lowest BCUT2D eigenvalue weighted by Crippen LogP contribution is -2.39. The molecule has 2 heterocycles. The Balaban J connectivity index is 0.00000261. The zero-order valence-corrected chi connectivity index (χ0v) is 19.2. The number of benzene rings is 1. The second kappa shape index (κ2) is 11.6. The number of guanidine groups is 1. The summed E-state index contributed by atoms with van der Waals surface area (Å²) in [7, 11) is 1.81. The molecule has 27 heavy (non-hydrogen) atoms. The number of thiazole rings is 1. The van der Waals surface area contributed by atoms with E-state index >= 15 is 0 Å². The molecular weight excluding hydrogens is 471 g/mol. The molecule has 1 aromatic carbocycles. The van der Waals surface area contributed by atoms with Crippen molar-refractivity contribution in [3.8, 4) is 10.6 Å². The number of rotatable bonds is 7. The van der Waals surface area contributed by atoms with Crippen LogP contribution in [0.15, 0.2) is 34.6 Å². The van der Waals surface area contributed by atoms with Crippen LogP contribution in [0.25, 0.3) is 10.6 Å². The molecule has 1 fully saturated rings. The second-order valence-electron chi connectivity index (χ2n) is 6.61. The first kappa shape index (κ1) is 22.1. The van der Waals surface area contributed by atoms with Gasteiger partial charge in [-0.05, 0) is 26.2 Å². The monoisotopic (exact) mass is 500 g/mol. The van der Waals surface area contributed by atoms with Crippen molar-refractivity contribution < 1.29 is 4.74 Å². The van der Waals surface area contributed by atoms with Crippen molar-refractivity contribution in [3.05, 3.63) is 40.9 Å². The molecule has 1 unspecified atom stereocenters. The SMILES string of the molecule is CN=C(NCCc1csc(-c2ccc(C)cc2)n1)NCCC1CCCO1.I. The van der Waals surface area contributed by atoms with Gasteiger partial charge < -0.3 is 15.4 Å². The van der Waals surface area contributed by atoms with E-state index in [1.807, 2.05) is 0 Å². The average molecular weight is 500 g/mol. The van der Waals surface area contributed by atoms with E-state index in [1.165, 1.54) is 24.0 Å². The number of aromatic nitrogens is 1. The van der Waals surface area contributed by atoms with Crippen LogP contribution in [0.3, 0.4) is 0 Å². The first-order valence-electron chi connectivity index (χ1n) is 9.32. The zero-order chi connectivity index (χ0) is 18.2. The molecule has 0 saturated carbocycles. The lowest BCUT2D eigenvalue weighted by Gasteiger charge is -2.13. The van der Waals surface area contributed by atoms with E-state index in [1.54, 1.807) is 18.4 Å². The van der Waals surface area contributed by atoms with Crippen molar-refractivity contribution in [2.24, 2.45) is 4.99 Å². The lowest BCUT2D eigenvalue weighted by atomic mass is 10.2. The largest absolute Gasteiger partial charge is 0.378 e. The maximum atomic E-state index is 5.65. The zero-order valence-electron chi connectivity index (χ0n) is 16.0. The summed E-state index contributed by atoms with van der Waals surface area (Å²) in [6, 6.07) is 8.53. The minimum absolute atomic E-state index is 0. The Morgan fingerprint density at radius 1 is 1.26 bits per heavy atom. The van der Waals surface area contributed by atoms with Crippen LogP contribution < -0.4 is 10.6 Å². The Bertz CT molecular complexity index is 711. The Hall–Kier alpha value is -1.19. The fraction of sp³-hybridized carbons (Fsp3) is 0.500. The molecule has 0 spiro atoms. The molecule has 1 aromatic heterocycles. The minimum atomic E-state index is 0. The maximum absolute atomic E-state index is 5.65. The number of nitrogens with one attached hydrogen (secondary N) is 2. The highest BCUT2D eigenvalue weighted by atomic mass is 127. The average Bonchev–Trinajstić information content (AvgIpc) is 3.33. The van der Waals surface area contributed by atoms with Gasteiger partial charge >= 0.3 is 0 Å². The van der Waals surface area contributed by atoms with Crippen molar-refractivity contribution in [2.75, 3.05) is 26.7 Å². The third-order valence-electron chi connectivity index (χ3n) is 4.53. The summed E-state index contributed by atoms with van der Waals surface area (Å²) in [6.45, 7) is 4.72. The van der Waals surface area contributed by atoms with Crippen LogP contribution in [0, 0.1) is 6.92 Å². The minimum Gasteiger partial charge on any atom is -0.378 e. The normalized spacial score (nSPS) is 16.8. The van der Waals surface area contributed by atoms with Crippen molar-refractivity contribution in [3.63, 3.8) is 0 Å². The summed E-state index contributed by atoms with van der Waals surface area (Å²) in [5, 5.41) is 9.95. The van der Waals surface area contributed by atoms with Crippen molar-refractivity contribution >= 4 is 41.3 Å². The number of ether oxygens (including phenoxy) is 1. The summed E-state index contributed by atoms with van der Waals surface area (Å²) in [4.78, 5) is 9.03. The van der Waals surface area contributed by atoms with Crippen LogP contribution in [0.5, 0.6) is 0 Å². The van der Waals surface area contributed by atoms with E-state index in [9.17, 15) is 0 Å². The number of halogens is 1. The van der Waals surface area contributed by atoms with Crippen LogP contribution in [-0.2, 0) is 11.2 Å². The van der Waals surface area contributed by atoms with Gasteiger partial charge in [0.15, 0.2) is 5.96 Å². The second-order valence-corrected chi connectivity index (χ2v) is 7.47. The lowest BCUT2D eigenvalue weighted by molar-refractivity contribution is 0.105. The quantitative estimate of drug-likeness (QED) is 0.343. The molecule has 7 heteroatoms. The Labute approximate surface area is 183 Å². The Kier molecular flexibility index (Phi) is 9.50. The maximum Gasteiger partial charge on any atom is 0.190 e. The first-order chi connectivity index (χ1) is 12.7. The molecule has 2 N–H and O–H groups in total. The van der Waals surface area contributed by atoms with Gasteiger partial charge in [-0.15, -0.1) is 35.3 Å². The third kappa shape index (κ3) is 7.04. The number of aliphatic imine (C=N–C) groups is 1. The summed E-state index contributed by atoms with van der Waals surface area (Å²) in [6.07, 6.45) is 4.70. The van der Waals surface area contributed by atoms with Gasteiger partial charge in [0.05, 0.1) is 11.8 Å². The fourth-order valence-corrected chi connectivity index (χ4v) is 3.86. The molecular formula is C20H29IN4OS. The summed E-state index contributed by atoms with van der Waals surface area (Å²) < 4.78 is 5.65. The van der Waals surface area contributed by atoms with Gasteiger partial charge in [-0.25, -0.2) is 4.98 Å². The third-order valence-corrected chi connectivity index (χ3v) is 5.47. The molecule has 0 bridgehead atoms. The van der Waals surface area contributed by atoms with Crippen LogP contribution in [0.1, 0.15) is 30.5 Å². The van der Waals surface area contributed by atoms with Gasteiger partial charge in [0, 0.05) is 44.1 Å². The van der Waals surface area contributed by atoms with E-state index in [-0.39, 0.29) is 24.0 Å². The Morgan fingerprint density at radius 3 is 2.74 bits per heavy atom. The predicted molar refractivity (Wildman–Crippen MR) is 124 cm³/mol. The van der Waals surface area contributed by atoms with Gasteiger partial charge in [0.25, 0.3) is 0 Å². The smallest absolute Gasteiger partial charge is 0.190 e. The van der Waals surface area contributed by atoms with Gasteiger partial charge in [-0.1, -0.05) is 29.8 Å². The van der Waals surface area contributed by atoms with E-state index in [2.05, 4.69) is 52.2 Å². The first-order valence-corrected chi connectivity index (χ1v) is 10.2. The summed E-state index contributed by atoms with van der Waals surface area (Å²) >= 11 is 1.70. The van der Waals surface area contributed by atoms with Crippen molar-refractivity contribution in [2.45, 2.75) is 38.7 Å². The molecule has 1 aliphatic heterocycles. The molecule has 1 saturated heterocycles. The number of hydrogen-bond donors (Lipinski definition) is 2. The van der Waals surface area contributed by atoms with Gasteiger partial charge in [0.2, 0.25) is 0 Å². The molecule has 1 aliphatic rings. The number of nitrogens with zero attached hydrogens (tertiary/aromatic N) is 2. The molecule has 1 atom stereocenters. The highest BCUT2D eigenvalue weighted by Crippen LogP contribution is 2.24. The standard InChI is InChI=1S/C20H28N4OS.HI/c1-15-5-7-16(8-6-15)19-24-17(14-26-19)9-11-22-20(21-2)23-12-10-18-4-3-13-25-18;/h5-8,14,18H,3-4,9-13H2,1-2H3,(H2,21,22,23);1H. The molecule has 5 nitrogen and oxygen atoms in total. The van der Waals surface area contributed by atoms with E-state index < -0.39 is 0 Å². The van der Waals surface area contributed by atoms with Crippen LogP contribution in [-0.4, -0.2) is 43.8 Å². The summed E-state index contributed by atoms with van der Waals surface area (Å²) in [5.74, 6) is 0.844. The van der Waals surface area contributed by atoms with Crippen LogP contribution >= 0.6 is 35.3 Å². The van der Waals surface area contributed by atoms with Crippen LogP contribution in [0.4, 0.5) is 0 Å². The fourth-order valence-electron chi connectivity index (χ4n) is 3.00. The summed E-state index contributed by atoms with van der Waals surface area (Å²) in [5.41, 5.74) is 3.58. The van der Waals surface area contributed by atoms with Gasteiger partial charge in [-0.3, -0.25) is 4.99 Å². The van der Waals surface area contributed by atoms with Crippen LogP contribution in [0.2, 0.25) is 0 Å². The van der Waals surface area contributed by atoms with Gasteiger partial charge in [0.1, 0.15) is 5.01 Å². The molecule has 148 valence electrons. The highest BCUT2D eigenvalue weighted by molar-refractivity contribution is 14.0. The number of hydrogen-bond acceptors (Lipinski definition) is 4. The molecule has 0 radical (unpaired) electrons. The molecule has 3 rings (SSSR count). The van der Waals surface area contributed by atoms with Gasteiger partial charge in [-0.2, -0.15) is 0 Å². The van der Waals surface area contributed by atoms with E-state index in [4.69, 9.17) is 9.72 Å². The molecule has 0 aliphatic carbocycles. The van der Waals surface area contributed by atoms with Crippen molar-refractivity contribution in [1.82, 2.24) is 15.6 Å². The highest BCUT2D eigenvalue weighted by Gasteiger charge is 2.14.